The van der Waals surface area contributed by atoms with E-state index < -0.39 is 0 Å². The van der Waals surface area contributed by atoms with E-state index >= 15 is 0 Å². The molecule has 3 aromatic rings. The molecular weight excluding hydrogens is 325 g/mol. The monoisotopic (exact) mass is 335 g/mol. The van der Waals surface area contributed by atoms with E-state index in [9.17, 15) is 4.79 Å². The highest BCUT2D eigenvalue weighted by Gasteiger charge is 2.15. The quantitative estimate of drug-likeness (QED) is 0.732. The Morgan fingerprint density at radius 1 is 1.14 bits per heavy atom. The van der Waals surface area contributed by atoms with Crippen molar-refractivity contribution >= 4 is 45.8 Å². The first-order valence-corrected chi connectivity index (χ1v) is 7.17. The van der Waals surface area contributed by atoms with Gasteiger partial charge >= 0.3 is 0 Å². The maximum Gasteiger partial charge on any atom is 0.291 e. The summed E-state index contributed by atoms with van der Waals surface area (Å²) in [5.41, 5.74) is 1.07. The van der Waals surface area contributed by atoms with Gasteiger partial charge in [0.2, 0.25) is 0 Å². The van der Waals surface area contributed by atoms with Crippen LogP contribution in [0.25, 0.3) is 11.0 Å². The van der Waals surface area contributed by atoms with Crippen LogP contribution < -0.4 is 10.1 Å². The van der Waals surface area contributed by atoms with Crippen molar-refractivity contribution in [1.29, 1.82) is 0 Å². The van der Waals surface area contributed by atoms with Gasteiger partial charge in [-0.1, -0.05) is 35.3 Å². The van der Waals surface area contributed by atoms with Gasteiger partial charge in [-0.15, -0.1) is 0 Å². The zero-order valence-corrected chi connectivity index (χ0v) is 13.0. The van der Waals surface area contributed by atoms with Crippen LogP contribution in [0.5, 0.6) is 5.75 Å². The largest absolute Gasteiger partial charge is 0.493 e. The van der Waals surface area contributed by atoms with Crippen LogP contribution >= 0.6 is 23.2 Å². The molecule has 3 rings (SSSR count). The molecule has 112 valence electrons. The molecule has 0 aliphatic rings. The van der Waals surface area contributed by atoms with Crippen LogP contribution in [-0.2, 0) is 0 Å². The summed E-state index contributed by atoms with van der Waals surface area (Å²) in [6.07, 6.45) is 0. The molecule has 0 aliphatic heterocycles. The van der Waals surface area contributed by atoms with Gasteiger partial charge in [-0.25, -0.2) is 0 Å². The topological polar surface area (TPSA) is 51.5 Å². The van der Waals surface area contributed by atoms with E-state index in [1.165, 1.54) is 0 Å². The molecule has 6 heteroatoms. The molecule has 1 N–H and O–H groups in total. The minimum absolute atomic E-state index is 0.186. The lowest BCUT2D eigenvalue weighted by Gasteiger charge is -2.04. The van der Waals surface area contributed by atoms with Gasteiger partial charge in [0.05, 0.1) is 17.2 Å². The van der Waals surface area contributed by atoms with E-state index in [-0.39, 0.29) is 11.7 Å². The van der Waals surface area contributed by atoms with Gasteiger partial charge in [-0.3, -0.25) is 4.79 Å². The molecule has 1 amide bonds. The third-order valence-electron chi connectivity index (χ3n) is 3.13. The van der Waals surface area contributed by atoms with E-state index in [0.29, 0.717) is 27.1 Å². The number of carbonyl (C=O) groups is 1. The fourth-order valence-electron chi connectivity index (χ4n) is 2.08. The zero-order valence-electron chi connectivity index (χ0n) is 11.5. The van der Waals surface area contributed by atoms with Crippen molar-refractivity contribution in [3.8, 4) is 5.75 Å². The third kappa shape index (κ3) is 2.75. The summed E-state index contributed by atoms with van der Waals surface area (Å²) in [7, 11) is 1.55. The molecule has 2 aromatic carbocycles. The standard InChI is InChI=1S/C16H11Cl2NO3/c1-21-13-4-2-3-9-7-14(22-15(9)13)16(20)19-10-5-6-11(17)12(18)8-10/h2-8H,1H3,(H,19,20). The molecule has 0 fully saturated rings. The number of fused-ring (bicyclic) bond motifs is 1. The highest BCUT2D eigenvalue weighted by Crippen LogP contribution is 2.29. The molecule has 0 atom stereocenters. The number of rotatable bonds is 3. The Kier molecular flexibility index (Phi) is 3.96. The number of amides is 1. The van der Waals surface area contributed by atoms with Gasteiger partial charge in [0.25, 0.3) is 5.91 Å². The van der Waals surface area contributed by atoms with Gasteiger partial charge in [-0.05, 0) is 30.3 Å². The van der Waals surface area contributed by atoms with E-state index in [0.717, 1.165) is 5.39 Å². The fourth-order valence-corrected chi connectivity index (χ4v) is 2.37. The minimum atomic E-state index is -0.378. The summed E-state index contributed by atoms with van der Waals surface area (Å²) in [5.74, 6) is 0.383. The van der Waals surface area contributed by atoms with E-state index in [1.54, 1.807) is 37.4 Å². The lowest BCUT2D eigenvalue weighted by Crippen LogP contribution is -2.10. The van der Waals surface area contributed by atoms with Crippen LogP contribution in [-0.4, -0.2) is 13.0 Å². The summed E-state index contributed by atoms with van der Waals surface area (Å²) in [6.45, 7) is 0. The molecule has 1 heterocycles. The second kappa shape index (κ2) is 5.91. The number of benzene rings is 2. The van der Waals surface area contributed by atoms with Gasteiger partial charge in [0.15, 0.2) is 17.1 Å². The van der Waals surface area contributed by atoms with Crippen LogP contribution in [0.15, 0.2) is 46.9 Å². The van der Waals surface area contributed by atoms with Crippen molar-refractivity contribution in [2.24, 2.45) is 0 Å². The number of nitrogens with one attached hydrogen (secondary N) is 1. The Hall–Kier alpha value is -2.17. The van der Waals surface area contributed by atoms with Crippen LogP contribution in [0.1, 0.15) is 10.6 Å². The number of para-hydroxylation sites is 1. The number of halogens is 2. The highest BCUT2D eigenvalue weighted by molar-refractivity contribution is 6.42. The predicted octanol–water partition coefficient (Wildman–Crippen LogP) is 5.00. The third-order valence-corrected chi connectivity index (χ3v) is 3.87. The van der Waals surface area contributed by atoms with Crippen LogP contribution in [0.2, 0.25) is 10.0 Å². The summed E-state index contributed by atoms with van der Waals surface area (Å²) < 4.78 is 10.8. The van der Waals surface area contributed by atoms with E-state index in [1.807, 2.05) is 12.1 Å². The van der Waals surface area contributed by atoms with Crippen molar-refractivity contribution in [2.75, 3.05) is 12.4 Å². The molecule has 4 nitrogen and oxygen atoms in total. The SMILES string of the molecule is COc1cccc2cc(C(=O)Nc3ccc(Cl)c(Cl)c3)oc12. The van der Waals surface area contributed by atoms with Crippen LogP contribution in [0.4, 0.5) is 5.69 Å². The van der Waals surface area contributed by atoms with Gasteiger partial charge in [0.1, 0.15) is 0 Å². The average molecular weight is 336 g/mol. The second-order valence-electron chi connectivity index (χ2n) is 4.57. The molecule has 0 aliphatic carbocycles. The molecule has 0 spiro atoms. The average Bonchev–Trinajstić information content (AvgIpc) is 2.95. The normalized spacial score (nSPS) is 10.7. The molecule has 0 saturated heterocycles. The number of ether oxygens (including phenoxy) is 1. The Labute approximate surface area is 136 Å². The Morgan fingerprint density at radius 3 is 2.68 bits per heavy atom. The molecule has 0 bridgehead atoms. The summed E-state index contributed by atoms with van der Waals surface area (Å²) >= 11 is 11.8. The summed E-state index contributed by atoms with van der Waals surface area (Å²) in [5, 5.41) is 4.29. The van der Waals surface area contributed by atoms with Crippen molar-refractivity contribution in [3.05, 3.63) is 58.3 Å². The van der Waals surface area contributed by atoms with Crippen molar-refractivity contribution in [1.82, 2.24) is 0 Å². The maximum absolute atomic E-state index is 12.3. The van der Waals surface area contributed by atoms with Crippen molar-refractivity contribution < 1.29 is 13.9 Å². The maximum atomic E-state index is 12.3. The lowest BCUT2D eigenvalue weighted by molar-refractivity contribution is 0.0998. The highest BCUT2D eigenvalue weighted by atomic mass is 35.5. The number of methoxy groups -OCH3 is 1. The molecule has 22 heavy (non-hydrogen) atoms. The van der Waals surface area contributed by atoms with Crippen LogP contribution in [0.3, 0.4) is 0 Å². The number of hydrogen-bond donors (Lipinski definition) is 1. The molecule has 0 radical (unpaired) electrons. The first-order chi connectivity index (χ1) is 10.6. The molecule has 0 saturated carbocycles. The van der Waals surface area contributed by atoms with Crippen molar-refractivity contribution in [2.45, 2.75) is 0 Å². The Morgan fingerprint density at radius 2 is 1.95 bits per heavy atom. The number of carbonyl (C=O) groups excluding carboxylic acids is 1. The van der Waals surface area contributed by atoms with Crippen LogP contribution in [0, 0.1) is 0 Å². The predicted molar refractivity (Wildman–Crippen MR) is 87.2 cm³/mol. The van der Waals surface area contributed by atoms with Gasteiger partial charge < -0.3 is 14.5 Å². The number of furan rings is 1. The summed E-state index contributed by atoms with van der Waals surface area (Å²) in [6, 6.07) is 12.0. The summed E-state index contributed by atoms with van der Waals surface area (Å²) in [4.78, 5) is 12.3. The van der Waals surface area contributed by atoms with Gasteiger partial charge in [-0.2, -0.15) is 0 Å². The number of hydrogen-bond acceptors (Lipinski definition) is 3. The first kappa shape index (κ1) is 14.8. The van der Waals surface area contributed by atoms with E-state index in [2.05, 4.69) is 5.32 Å². The first-order valence-electron chi connectivity index (χ1n) is 6.41. The molecule has 1 aromatic heterocycles. The fraction of sp³-hybridized carbons (Fsp3) is 0.0625. The van der Waals surface area contributed by atoms with E-state index in [4.69, 9.17) is 32.4 Å². The molecular formula is C16H11Cl2NO3. The molecule has 0 unspecified atom stereocenters. The Balaban J connectivity index is 1.90. The lowest BCUT2D eigenvalue weighted by atomic mass is 10.2. The minimum Gasteiger partial charge on any atom is -0.493 e. The van der Waals surface area contributed by atoms with Gasteiger partial charge in [0, 0.05) is 11.1 Å². The zero-order chi connectivity index (χ0) is 15.7. The second-order valence-corrected chi connectivity index (χ2v) is 5.39. The van der Waals surface area contributed by atoms with Crippen molar-refractivity contribution in [3.63, 3.8) is 0 Å². The number of anilines is 1. The smallest absolute Gasteiger partial charge is 0.291 e. The Bertz CT molecular complexity index is 858.